The highest BCUT2D eigenvalue weighted by molar-refractivity contribution is 5.96. The first-order valence-electron chi connectivity index (χ1n) is 12.2. The van der Waals surface area contributed by atoms with E-state index < -0.39 is 6.23 Å². The van der Waals surface area contributed by atoms with E-state index in [0.29, 0.717) is 23.1 Å². The molecular weight excluding hydrogens is 466 g/mol. The van der Waals surface area contributed by atoms with Crippen LogP contribution in [0.25, 0.3) is 55.8 Å². The van der Waals surface area contributed by atoms with Crippen LogP contribution in [-0.2, 0) is 0 Å². The second-order valence-electron chi connectivity index (χ2n) is 9.34. The lowest BCUT2D eigenvalue weighted by Gasteiger charge is -2.31. The SMILES string of the molecule is OC(Nc1cncc(-c2cnc3[nH]nc(-c4nc5c(-c6ccncc6)cncc5[nH]4)c3c2)c1)C1CCC1. The quantitative estimate of drug-likeness (QED) is 0.250. The number of nitrogens with one attached hydrogen (secondary N) is 3. The lowest BCUT2D eigenvalue weighted by atomic mass is 9.84. The van der Waals surface area contributed by atoms with Gasteiger partial charge in [0, 0.05) is 53.6 Å². The van der Waals surface area contributed by atoms with Gasteiger partial charge in [-0.15, -0.1) is 0 Å². The second kappa shape index (κ2) is 8.75. The molecule has 6 aromatic heterocycles. The second-order valence-corrected chi connectivity index (χ2v) is 9.34. The minimum absolute atomic E-state index is 0.299. The maximum atomic E-state index is 10.4. The number of imidazole rings is 1. The topological polar surface area (TPSA) is 141 Å². The maximum absolute atomic E-state index is 10.4. The van der Waals surface area contributed by atoms with Gasteiger partial charge < -0.3 is 15.4 Å². The highest BCUT2D eigenvalue weighted by atomic mass is 16.3. The highest BCUT2D eigenvalue weighted by Gasteiger charge is 2.25. The summed E-state index contributed by atoms with van der Waals surface area (Å²) in [6.07, 6.45) is 15.1. The molecule has 0 spiro atoms. The first-order chi connectivity index (χ1) is 18.2. The van der Waals surface area contributed by atoms with Gasteiger partial charge in [-0.05, 0) is 42.7 Å². The molecule has 1 atom stereocenters. The Bertz CT molecular complexity index is 1720. The summed E-state index contributed by atoms with van der Waals surface area (Å²) >= 11 is 0. The van der Waals surface area contributed by atoms with Crippen molar-refractivity contribution in [2.45, 2.75) is 25.5 Å². The molecule has 1 aliphatic carbocycles. The Balaban J connectivity index is 1.26. The largest absolute Gasteiger partial charge is 0.374 e. The van der Waals surface area contributed by atoms with Crippen LogP contribution in [0.15, 0.2) is 67.6 Å². The Labute approximate surface area is 211 Å². The van der Waals surface area contributed by atoms with E-state index in [9.17, 15) is 5.11 Å². The molecule has 0 saturated heterocycles. The maximum Gasteiger partial charge on any atom is 0.159 e. The van der Waals surface area contributed by atoms with Crippen molar-refractivity contribution in [2.75, 3.05) is 5.32 Å². The summed E-state index contributed by atoms with van der Waals surface area (Å²) in [6.45, 7) is 0. The third kappa shape index (κ3) is 3.87. The Morgan fingerprint density at radius 1 is 0.919 bits per heavy atom. The van der Waals surface area contributed by atoms with Crippen LogP contribution in [0.4, 0.5) is 5.69 Å². The molecule has 4 N–H and O–H groups in total. The molecule has 0 amide bonds. The van der Waals surface area contributed by atoms with Crippen molar-refractivity contribution in [3.63, 3.8) is 0 Å². The number of pyridine rings is 4. The van der Waals surface area contributed by atoms with Crippen molar-refractivity contribution in [3.8, 4) is 33.8 Å². The third-order valence-electron chi connectivity index (χ3n) is 7.01. The molecule has 182 valence electrons. The Morgan fingerprint density at radius 3 is 2.59 bits per heavy atom. The van der Waals surface area contributed by atoms with Crippen molar-refractivity contribution < 1.29 is 5.11 Å². The van der Waals surface area contributed by atoms with Gasteiger partial charge in [-0.1, -0.05) is 6.42 Å². The number of rotatable bonds is 6. The van der Waals surface area contributed by atoms with E-state index in [2.05, 4.69) is 40.4 Å². The molecule has 1 aliphatic rings. The lowest BCUT2D eigenvalue weighted by Crippen LogP contribution is -2.33. The van der Waals surface area contributed by atoms with E-state index in [1.807, 2.05) is 24.3 Å². The molecule has 1 fully saturated rings. The minimum atomic E-state index is -0.563. The third-order valence-corrected chi connectivity index (χ3v) is 7.01. The van der Waals surface area contributed by atoms with Crippen molar-refractivity contribution >= 4 is 27.8 Å². The zero-order valence-corrected chi connectivity index (χ0v) is 19.8. The highest BCUT2D eigenvalue weighted by Crippen LogP contribution is 2.33. The Hall–Kier alpha value is -4.70. The summed E-state index contributed by atoms with van der Waals surface area (Å²) in [5.41, 5.74) is 7.42. The molecule has 37 heavy (non-hydrogen) atoms. The van der Waals surface area contributed by atoms with E-state index in [0.717, 1.165) is 57.2 Å². The van der Waals surface area contributed by atoms with Crippen LogP contribution in [0.1, 0.15) is 19.3 Å². The number of nitrogens with zero attached hydrogens (tertiary/aromatic N) is 6. The fourth-order valence-corrected chi connectivity index (χ4v) is 4.75. The number of hydrogen-bond donors (Lipinski definition) is 4. The van der Waals surface area contributed by atoms with Crippen LogP contribution >= 0.6 is 0 Å². The zero-order valence-electron chi connectivity index (χ0n) is 19.8. The van der Waals surface area contributed by atoms with Crippen LogP contribution in [0.3, 0.4) is 0 Å². The number of H-pyrrole nitrogens is 2. The van der Waals surface area contributed by atoms with E-state index in [4.69, 9.17) is 4.98 Å². The Morgan fingerprint density at radius 2 is 1.76 bits per heavy atom. The lowest BCUT2D eigenvalue weighted by molar-refractivity contribution is 0.0851. The van der Waals surface area contributed by atoms with Crippen molar-refractivity contribution in [2.24, 2.45) is 5.92 Å². The predicted molar refractivity (Wildman–Crippen MR) is 140 cm³/mol. The van der Waals surface area contributed by atoms with Gasteiger partial charge in [0.05, 0.1) is 34.5 Å². The summed E-state index contributed by atoms with van der Waals surface area (Å²) in [6, 6.07) is 7.88. The number of aliphatic hydroxyl groups is 1. The molecular formula is C27H23N9O. The van der Waals surface area contributed by atoms with Gasteiger partial charge >= 0.3 is 0 Å². The molecule has 10 heteroatoms. The first-order valence-corrected chi connectivity index (χ1v) is 12.2. The van der Waals surface area contributed by atoms with Crippen molar-refractivity contribution in [1.82, 2.24) is 40.1 Å². The van der Waals surface area contributed by atoms with Gasteiger partial charge in [-0.3, -0.25) is 20.1 Å². The summed E-state index contributed by atoms with van der Waals surface area (Å²) in [4.78, 5) is 25.7. The number of hydrogen-bond acceptors (Lipinski definition) is 8. The fourth-order valence-electron chi connectivity index (χ4n) is 4.75. The molecule has 0 aromatic carbocycles. The van der Waals surface area contributed by atoms with Crippen molar-refractivity contribution in [1.29, 1.82) is 0 Å². The van der Waals surface area contributed by atoms with Gasteiger partial charge in [0.2, 0.25) is 0 Å². The molecule has 1 saturated carbocycles. The summed E-state index contributed by atoms with van der Waals surface area (Å²) in [7, 11) is 0. The number of aromatic amines is 2. The summed E-state index contributed by atoms with van der Waals surface area (Å²) < 4.78 is 0. The fraction of sp³-hybridized carbons (Fsp3) is 0.185. The average Bonchev–Trinajstić information content (AvgIpc) is 3.52. The van der Waals surface area contributed by atoms with Crippen LogP contribution in [0.2, 0.25) is 0 Å². The van der Waals surface area contributed by atoms with Crippen LogP contribution in [0.5, 0.6) is 0 Å². The first kappa shape index (κ1) is 21.6. The molecule has 0 radical (unpaired) electrons. The average molecular weight is 490 g/mol. The van der Waals surface area contributed by atoms with E-state index in [1.165, 1.54) is 6.42 Å². The standard InChI is InChI=1S/C27H23N9O/c37-27(16-2-1-3-16)32-19-8-17(10-29-12-19)18-9-20-24(35-36-25(20)31-11-18)26-33-22-14-30-13-21(23(22)34-26)15-4-6-28-7-5-15/h4-14,16,27,32,37H,1-3H2,(H,33,34)(H,31,35,36). The number of fused-ring (bicyclic) bond motifs is 2. The van der Waals surface area contributed by atoms with Gasteiger partial charge in [-0.2, -0.15) is 5.10 Å². The van der Waals surface area contributed by atoms with Crippen molar-refractivity contribution in [3.05, 3.63) is 67.6 Å². The zero-order chi connectivity index (χ0) is 24.8. The predicted octanol–water partition coefficient (Wildman–Crippen LogP) is 4.55. The summed E-state index contributed by atoms with van der Waals surface area (Å²) in [5, 5.41) is 22.0. The van der Waals surface area contributed by atoms with Crippen LogP contribution < -0.4 is 5.32 Å². The van der Waals surface area contributed by atoms with Gasteiger partial charge in [0.1, 0.15) is 11.9 Å². The van der Waals surface area contributed by atoms with E-state index in [1.54, 1.807) is 43.4 Å². The minimum Gasteiger partial charge on any atom is -0.374 e. The molecule has 0 aliphatic heterocycles. The van der Waals surface area contributed by atoms with E-state index >= 15 is 0 Å². The molecule has 6 heterocycles. The van der Waals surface area contributed by atoms with Gasteiger partial charge in [0.25, 0.3) is 0 Å². The number of aliphatic hydroxyl groups excluding tert-OH is 1. The number of aromatic nitrogens is 8. The summed E-state index contributed by atoms with van der Waals surface area (Å²) in [5.74, 6) is 0.925. The van der Waals surface area contributed by atoms with E-state index in [-0.39, 0.29) is 0 Å². The molecule has 6 aromatic rings. The molecule has 0 bridgehead atoms. The Kier molecular flexibility index (Phi) is 5.10. The molecule has 1 unspecified atom stereocenters. The molecule has 7 rings (SSSR count). The monoisotopic (exact) mass is 489 g/mol. The van der Waals surface area contributed by atoms with Gasteiger partial charge in [-0.25, -0.2) is 9.97 Å². The smallest absolute Gasteiger partial charge is 0.159 e. The number of anilines is 1. The van der Waals surface area contributed by atoms with Gasteiger partial charge in [0.15, 0.2) is 11.5 Å². The normalized spacial score (nSPS) is 14.6. The molecule has 10 nitrogen and oxygen atoms in total. The van der Waals surface area contributed by atoms with Crippen LogP contribution in [-0.4, -0.2) is 51.4 Å². The van der Waals surface area contributed by atoms with Crippen LogP contribution in [0, 0.1) is 5.92 Å².